The molecule has 1 N–H and O–H groups in total. The molecule has 1 atom stereocenters. The van der Waals surface area contributed by atoms with Crippen molar-refractivity contribution < 1.29 is 0 Å². The SMILES string of the molecule is CCCNC(c1ccsc1)C(CC)(CC)N1CCCC1. The summed E-state index contributed by atoms with van der Waals surface area (Å²) in [5, 5.41) is 8.41. The van der Waals surface area contributed by atoms with E-state index >= 15 is 0 Å². The molecule has 1 aliphatic heterocycles. The fourth-order valence-electron chi connectivity index (χ4n) is 3.80. The Hall–Kier alpha value is -0.380. The smallest absolute Gasteiger partial charge is 0.0515 e. The molecule has 1 aliphatic rings. The Morgan fingerprint density at radius 3 is 2.45 bits per heavy atom. The first-order chi connectivity index (χ1) is 9.78. The number of nitrogens with zero attached hydrogens (tertiary/aromatic N) is 1. The fraction of sp³-hybridized carbons (Fsp3) is 0.765. The van der Waals surface area contributed by atoms with E-state index in [-0.39, 0.29) is 5.54 Å². The second-order valence-corrected chi connectivity index (χ2v) is 6.73. The van der Waals surface area contributed by atoms with Crippen molar-refractivity contribution in [1.29, 1.82) is 0 Å². The molecular weight excluding hydrogens is 264 g/mol. The van der Waals surface area contributed by atoms with Gasteiger partial charge < -0.3 is 5.32 Å². The van der Waals surface area contributed by atoms with Crippen molar-refractivity contribution in [2.45, 2.75) is 64.5 Å². The summed E-state index contributed by atoms with van der Waals surface area (Å²) in [6.07, 6.45) is 6.38. The summed E-state index contributed by atoms with van der Waals surface area (Å²) in [6.45, 7) is 10.7. The predicted octanol–water partition coefficient (Wildman–Crippen LogP) is 4.44. The summed E-state index contributed by atoms with van der Waals surface area (Å²) >= 11 is 1.82. The van der Waals surface area contributed by atoms with E-state index in [1.165, 1.54) is 50.8 Å². The Morgan fingerprint density at radius 1 is 1.25 bits per heavy atom. The zero-order valence-electron chi connectivity index (χ0n) is 13.3. The molecule has 1 saturated heterocycles. The van der Waals surface area contributed by atoms with Gasteiger partial charge in [-0.05, 0) is 74.1 Å². The van der Waals surface area contributed by atoms with Crippen LogP contribution in [0.2, 0.25) is 0 Å². The number of likely N-dealkylation sites (tertiary alicyclic amines) is 1. The Bertz CT molecular complexity index is 364. The lowest BCUT2D eigenvalue weighted by Crippen LogP contribution is -2.55. The number of nitrogens with one attached hydrogen (secondary N) is 1. The summed E-state index contributed by atoms with van der Waals surface area (Å²) in [7, 11) is 0. The van der Waals surface area contributed by atoms with Crippen molar-refractivity contribution in [1.82, 2.24) is 10.2 Å². The molecule has 114 valence electrons. The first-order valence-corrected chi connectivity index (χ1v) is 9.23. The molecule has 2 nitrogen and oxygen atoms in total. The molecule has 2 rings (SSSR count). The molecule has 1 fully saturated rings. The highest BCUT2D eigenvalue weighted by Crippen LogP contribution is 2.40. The lowest BCUT2D eigenvalue weighted by atomic mass is 9.80. The second-order valence-electron chi connectivity index (χ2n) is 5.95. The average Bonchev–Trinajstić information content (AvgIpc) is 3.16. The standard InChI is InChI=1S/C17H30N2S/c1-4-10-18-16(15-9-13-20-14-15)17(5-2,6-3)19-11-7-8-12-19/h9,13-14,16,18H,4-8,10-12H2,1-3H3. The van der Waals surface area contributed by atoms with Crippen LogP contribution in [0.15, 0.2) is 16.8 Å². The Balaban J connectivity index is 2.30. The number of hydrogen-bond donors (Lipinski definition) is 1. The van der Waals surface area contributed by atoms with Crippen LogP contribution in [0.1, 0.15) is 64.5 Å². The topological polar surface area (TPSA) is 15.3 Å². The summed E-state index contributed by atoms with van der Waals surface area (Å²) in [5.41, 5.74) is 1.77. The molecule has 3 heteroatoms. The van der Waals surface area contributed by atoms with Crippen LogP contribution in [0.5, 0.6) is 0 Å². The Labute approximate surface area is 128 Å². The molecular formula is C17H30N2S. The monoisotopic (exact) mass is 294 g/mol. The second kappa shape index (κ2) is 7.58. The molecule has 0 aromatic carbocycles. The van der Waals surface area contributed by atoms with Gasteiger partial charge in [0.1, 0.15) is 0 Å². The molecule has 1 aromatic rings. The van der Waals surface area contributed by atoms with Gasteiger partial charge in [0, 0.05) is 5.54 Å². The van der Waals surface area contributed by atoms with Crippen LogP contribution in [0.3, 0.4) is 0 Å². The van der Waals surface area contributed by atoms with Crippen LogP contribution in [-0.2, 0) is 0 Å². The van der Waals surface area contributed by atoms with E-state index in [1.54, 1.807) is 0 Å². The Kier molecular flexibility index (Phi) is 6.06. The van der Waals surface area contributed by atoms with Gasteiger partial charge in [0.15, 0.2) is 0 Å². The van der Waals surface area contributed by atoms with E-state index in [0.29, 0.717) is 6.04 Å². The minimum absolute atomic E-state index is 0.284. The van der Waals surface area contributed by atoms with Crippen molar-refractivity contribution in [2.75, 3.05) is 19.6 Å². The maximum Gasteiger partial charge on any atom is 0.0515 e. The quantitative estimate of drug-likeness (QED) is 0.762. The number of rotatable bonds is 8. The number of hydrogen-bond acceptors (Lipinski definition) is 3. The van der Waals surface area contributed by atoms with Crippen LogP contribution in [0.4, 0.5) is 0 Å². The lowest BCUT2D eigenvalue weighted by molar-refractivity contribution is 0.0618. The lowest BCUT2D eigenvalue weighted by Gasteiger charge is -2.47. The van der Waals surface area contributed by atoms with Crippen molar-refractivity contribution in [3.63, 3.8) is 0 Å². The van der Waals surface area contributed by atoms with Gasteiger partial charge in [0.2, 0.25) is 0 Å². The molecule has 0 saturated carbocycles. The van der Waals surface area contributed by atoms with E-state index in [0.717, 1.165) is 6.54 Å². The highest BCUT2D eigenvalue weighted by molar-refractivity contribution is 7.07. The summed E-state index contributed by atoms with van der Waals surface area (Å²) in [5.74, 6) is 0. The maximum absolute atomic E-state index is 3.86. The summed E-state index contributed by atoms with van der Waals surface area (Å²) in [6, 6.07) is 2.79. The maximum atomic E-state index is 3.86. The Morgan fingerprint density at radius 2 is 1.95 bits per heavy atom. The van der Waals surface area contributed by atoms with Crippen molar-refractivity contribution in [3.8, 4) is 0 Å². The molecule has 0 bridgehead atoms. The molecule has 0 radical (unpaired) electrons. The zero-order valence-corrected chi connectivity index (χ0v) is 14.1. The third-order valence-corrected chi connectivity index (χ3v) is 5.67. The van der Waals surface area contributed by atoms with Crippen LogP contribution in [0, 0.1) is 0 Å². The van der Waals surface area contributed by atoms with Crippen molar-refractivity contribution in [2.24, 2.45) is 0 Å². The minimum Gasteiger partial charge on any atom is -0.308 e. The van der Waals surface area contributed by atoms with E-state index in [9.17, 15) is 0 Å². The van der Waals surface area contributed by atoms with Gasteiger partial charge in [-0.25, -0.2) is 0 Å². The van der Waals surface area contributed by atoms with Crippen LogP contribution in [-0.4, -0.2) is 30.1 Å². The molecule has 1 unspecified atom stereocenters. The van der Waals surface area contributed by atoms with E-state index < -0.39 is 0 Å². The van der Waals surface area contributed by atoms with Crippen LogP contribution < -0.4 is 5.32 Å². The fourth-order valence-corrected chi connectivity index (χ4v) is 4.48. The summed E-state index contributed by atoms with van der Waals surface area (Å²) < 4.78 is 0. The molecule has 0 spiro atoms. The third kappa shape index (κ3) is 3.10. The third-order valence-electron chi connectivity index (χ3n) is 4.97. The predicted molar refractivity (Wildman–Crippen MR) is 89.5 cm³/mol. The average molecular weight is 295 g/mol. The van der Waals surface area contributed by atoms with Gasteiger partial charge in [-0.1, -0.05) is 20.8 Å². The molecule has 2 heterocycles. The van der Waals surface area contributed by atoms with Gasteiger partial charge >= 0.3 is 0 Å². The van der Waals surface area contributed by atoms with Gasteiger partial charge in [-0.3, -0.25) is 4.90 Å². The van der Waals surface area contributed by atoms with E-state index in [1.807, 2.05) is 11.3 Å². The molecule has 1 aromatic heterocycles. The van der Waals surface area contributed by atoms with Gasteiger partial charge in [0.05, 0.1) is 6.04 Å². The normalized spacial score (nSPS) is 18.6. The molecule has 0 aliphatic carbocycles. The number of thiophene rings is 1. The molecule has 20 heavy (non-hydrogen) atoms. The molecule has 0 amide bonds. The largest absolute Gasteiger partial charge is 0.308 e. The highest BCUT2D eigenvalue weighted by atomic mass is 32.1. The minimum atomic E-state index is 0.284. The van der Waals surface area contributed by atoms with Crippen LogP contribution >= 0.6 is 11.3 Å². The van der Waals surface area contributed by atoms with E-state index in [2.05, 4.69) is 47.8 Å². The van der Waals surface area contributed by atoms with Crippen molar-refractivity contribution >= 4 is 11.3 Å². The van der Waals surface area contributed by atoms with Gasteiger partial charge in [0.25, 0.3) is 0 Å². The first-order valence-electron chi connectivity index (χ1n) is 8.29. The highest BCUT2D eigenvalue weighted by Gasteiger charge is 2.42. The van der Waals surface area contributed by atoms with E-state index in [4.69, 9.17) is 0 Å². The van der Waals surface area contributed by atoms with Gasteiger partial charge in [-0.15, -0.1) is 0 Å². The first kappa shape index (κ1) is 16.0. The zero-order chi connectivity index (χ0) is 14.4. The van der Waals surface area contributed by atoms with Crippen molar-refractivity contribution in [3.05, 3.63) is 22.4 Å². The van der Waals surface area contributed by atoms with Crippen LogP contribution in [0.25, 0.3) is 0 Å². The summed E-state index contributed by atoms with van der Waals surface area (Å²) in [4.78, 5) is 2.76. The van der Waals surface area contributed by atoms with Gasteiger partial charge in [-0.2, -0.15) is 11.3 Å².